The van der Waals surface area contributed by atoms with Crippen LogP contribution in [0.4, 0.5) is 0 Å². The highest BCUT2D eigenvalue weighted by Crippen LogP contribution is 2.28. The second-order valence-corrected chi connectivity index (χ2v) is 6.07. The van der Waals surface area contributed by atoms with Crippen molar-refractivity contribution in [2.75, 3.05) is 0 Å². The van der Waals surface area contributed by atoms with Crippen molar-refractivity contribution >= 4 is 5.97 Å². The molecular weight excluding hydrogens is 300 g/mol. The number of carbonyl (C=O) groups is 1. The summed E-state index contributed by atoms with van der Waals surface area (Å²) in [4.78, 5) is 11.6. The van der Waals surface area contributed by atoms with E-state index in [-0.39, 0.29) is 5.97 Å². The zero-order valence-corrected chi connectivity index (χ0v) is 15.2. The van der Waals surface area contributed by atoms with E-state index in [0.29, 0.717) is 18.8 Å². The summed E-state index contributed by atoms with van der Waals surface area (Å²) in [6.45, 7) is 10.5. The Morgan fingerprint density at radius 2 is 1.67 bits per heavy atom. The molecule has 0 heterocycles. The Bertz CT molecular complexity index is 732. The lowest BCUT2D eigenvalue weighted by molar-refractivity contribution is -0.134. The average molecular weight is 326 g/mol. The molecule has 2 aromatic rings. The van der Waals surface area contributed by atoms with Crippen LogP contribution >= 0.6 is 0 Å². The fourth-order valence-corrected chi connectivity index (χ4v) is 2.56. The monoisotopic (exact) mass is 326 g/mol. The van der Waals surface area contributed by atoms with Crippen molar-refractivity contribution in [3.05, 3.63) is 58.1 Å². The van der Waals surface area contributed by atoms with Gasteiger partial charge in [-0.25, -0.2) is 0 Å². The van der Waals surface area contributed by atoms with Crippen LogP contribution in [-0.4, -0.2) is 5.97 Å². The van der Waals surface area contributed by atoms with Gasteiger partial charge in [0.15, 0.2) is 0 Å². The molecule has 3 heteroatoms. The van der Waals surface area contributed by atoms with E-state index >= 15 is 0 Å². The van der Waals surface area contributed by atoms with E-state index in [1.54, 1.807) is 6.92 Å². The number of esters is 1. The molecule has 3 nitrogen and oxygen atoms in total. The zero-order valence-electron chi connectivity index (χ0n) is 15.2. The van der Waals surface area contributed by atoms with Crippen LogP contribution < -0.4 is 9.47 Å². The fraction of sp³-hybridized carbons (Fsp3) is 0.381. The average Bonchev–Trinajstić information content (AvgIpc) is 2.56. The van der Waals surface area contributed by atoms with Crippen molar-refractivity contribution in [3.8, 4) is 11.5 Å². The molecule has 0 amide bonds. The van der Waals surface area contributed by atoms with Gasteiger partial charge in [-0.05, 0) is 61.6 Å². The van der Waals surface area contributed by atoms with Gasteiger partial charge in [-0.3, -0.25) is 4.79 Å². The summed E-state index contributed by atoms with van der Waals surface area (Å²) in [6.07, 6.45) is 1.27. The van der Waals surface area contributed by atoms with Crippen molar-refractivity contribution in [1.29, 1.82) is 0 Å². The molecule has 0 spiro atoms. The first-order valence-corrected chi connectivity index (χ1v) is 8.48. The van der Waals surface area contributed by atoms with E-state index in [1.165, 1.54) is 16.7 Å². The minimum Gasteiger partial charge on any atom is -0.488 e. The Hall–Kier alpha value is -2.29. The van der Waals surface area contributed by atoms with Crippen LogP contribution in [0, 0.1) is 20.8 Å². The summed E-state index contributed by atoms with van der Waals surface area (Å²) < 4.78 is 11.5. The molecule has 0 radical (unpaired) electrons. The Morgan fingerprint density at radius 3 is 2.33 bits per heavy atom. The van der Waals surface area contributed by atoms with Crippen LogP contribution in [0.25, 0.3) is 0 Å². The van der Waals surface area contributed by atoms with Crippen molar-refractivity contribution in [1.82, 2.24) is 0 Å². The molecule has 2 aromatic carbocycles. The third-order valence-electron chi connectivity index (χ3n) is 4.31. The quantitative estimate of drug-likeness (QED) is 0.549. The van der Waals surface area contributed by atoms with Crippen LogP contribution in [0.2, 0.25) is 0 Å². The van der Waals surface area contributed by atoms with Gasteiger partial charge in [0.05, 0.1) is 0 Å². The van der Waals surface area contributed by atoms with E-state index < -0.39 is 0 Å². The van der Waals surface area contributed by atoms with E-state index in [1.807, 2.05) is 25.1 Å². The first-order chi connectivity index (χ1) is 11.5. The lowest BCUT2D eigenvalue weighted by Crippen LogP contribution is -2.10. The molecule has 2 rings (SSSR count). The Balaban J connectivity index is 2.26. The molecule has 0 aromatic heterocycles. The predicted octanol–water partition coefficient (Wildman–Crippen LogP) is 5.07. The topological polar surface area (TPSA) is 35.5 Å². The Morgan fingerprint density at radius 1 is 0.958 bits per heavy atom. The van der Waals surface area contributed by atoms with E-state index in [9.17, 15) is 4.79 Å². The van der Waals surface area contributed by atoms with Gasteiger partial charge in [0, 0.05) is 12.0 Å². The predicted molar refractivity (Wildman–Crippen MR) is 96.7 cm³/mol. The number of hydrogen-bond donors (Lipinski definition) is 0. The van der Waals surface area contributed by atoms with Crippen LogP contribution in [0.5, 0.6) is 11.5 Å². The molecule has 0 aliphatic carbocycles. The third kappa shape index (κ3) is 4.16. The smallest absolute Gasteiger partial charge is 0.310 e. The molecule has 0 saturated heterocycles. The van der Waals surface area contributed by atoms with Gasteiger partial charge in [0.25, 0.3) is 0 Å². The van der Waals surface area contributed by atoms with Crippen molar-refractivity contribution in [2.45, 2.75) is 54.1 Å². The minimum absolute atomic E-state index is 0.234. The molecule has 0 bridgehead atoms. The van der Waals surface area contributed by atoms with Crippen LogP contribution in [0.3, 0.4) is 0 Å². The summed E-state index contributed by atoms with van der Waals surface area (Å²) in [5.74, 6) is 1.25. The van der Waals surface area contributed by atoms with Gasteiger partial charge in [0.2, 0.25) is 0 Å². The molecular formula is C21H26O3. The summed E-state index contributed by atoms with van der Waals surface area (Å²) in [5, 5.41) is 0. The lowest BCUT2D eigenvalue weighted by atomic mass is 10.0. The van der Waals surface area contributed by atoms with Crippen molar-refractivity contribution < 1.29 is 14.3 Å². The highest BCUT2D eigenvalue weighted by molar-refractivity contribution is 5.72. The van der Waals surface area contributed by atoms with Gasteiger partial charge >= 0.3 is 5.97 Å². The number of carbonyl (C=O) groups excluding carboxylic acids is 1. The maximum absolute atomic E-state index is 11.6. The van der Waals surface area contributed by atoms with E-state index in [2.05, 4.69) is 32.9 Å². The molecule has 128 valence electrons. The molecule has 0 saturated carbocycles. The molecule has 0 N–H and O–H groups in total. The Labute approximate surface area is 144 Å². The maximum Gasteiger partial charge on any atom is 0.310 e. The van der Waals surface area contributed by atoms with E-state index in [0.717, 1.165) is 23.3 Å². The molecule has 0 aliphatic rings. The number of hydrogen-bond acceptors (Lipinski definition) is 3. The highest BCUT2D eigenvalue weighted by Gasteiger charge is 2.12. The van der Waals surface area contributed by atoms with Gasteiger partial charge in [0.1, 0.15) is 18.1 Å². The lowest BCUT2D eigenvalue weighted by Gasteiger charge is -2.16. The van der Waals surface area contributed by atoms with Crippen molar-refractivity contribution in [2.24, 2.45) is 0 Å². The third-order valence-corrected chi connectivity index (χ3v) is 4.31. The van der Waals surface area contributed by atoms with Gasteiger partial charge in [-0.15, -0.1) is 0 Å². The summed E-state index contributed by atoms with van der Waals surface area (Å²) >= 11 is 0. The van der Waals surface area contributed by atoms with Crippen molar-refractivity contribution in [3.63, 3.8) is 0 Å². The number of aryl methyl sites for hydroxylation is 4. The molecule has 0 atom stereocenters. The molecule has 24 heavy (non-hydrogen) atoms. The zero-order chi connectivity index (χ0) is 17.7. The number of benzene rings is 2. The summed E-state index contributed by atoms with van der Waals surface area (Å²) in [6, 6.07) is 9.98. The maximum atomic E-state index is 11.6. The van der Waals surface area contributed by atoms with Gasteiger partial charge in [-0.2, -0.15) is 0 Å². The molecule has 0 aliphatic heterocycles. The largest absolute Gasteiger partial charge is 0.488 e. The highest BCUT2D eigenvalue weighted by atomic mass is 16.5. The second kappa shape index (κ2) is 8.00. The first kappa shape index (κ1) is 18.1. The minimum atomic E-state index is -0.234. The summed E-state index contributed by atoms with van der Waals surface area (Å²) in [7, 11) is 0. The van der Waals surface area contributed by atoms with Gasteiger partial charge in [-0.1, -0.05) is 32.0 Å². The fourth-order valence-electron chi connectivity index (χ4n) is 2.56. The van der Waals surface area contributed by atoms with Crippen LogP contribution in [0.1, 0.15) is 48.1 Å². The Kier molecular flexibility index (Phi) is 6.02. The van der Waals surface area contributed by atoms with Gasteiger partial charge < -0.3 is 9.47 Å². The SMILES string of the molecule is CCC(=O)Oc1cccc(C)c1COc1cc(C)c(C)cc1CC. The number of rotatable bonds is 6. The first-order valence-electron chi connectivity index (χ1n) is 8.48. The molecule has 0 fully saturated rings. The normalized spacial score (nSPS) is 10.5. The van der Waals surface area contributed by atoms with Crippen LogP contribution in [-0.2, 0) is 17.8 Å². The van der Waals surface area contributed by atoms with E-state index in [4.69, 9.17) is 9.47 Å². The second-order valence-electron chi connectivity index (χ2n) is 6.07. The standard InChI is InChI=1S/C21H26O3/c1-6-17-11-15(4)16(5)12-20(17)23-13-18-14(3)9-8-10-19(18)24-21(22)7-2/h8-12H,6-7,13H2,1-5H3. The summed E-state index contributed by atoms with van der Waals surface area (Å²) in [5.41, 5.74) is 5.65. The number of ether oxygens (including phenoxy) is 2. The van der Waals surface area contributed by atoms with Crippen LogP contribution in [0.15, 0.2) is 30.3 Å². The molecule has 0 unspecified atom stereocenters.